The van der Waals surface area contributed by atoms with Gasteiger partial charge in [0.1, 0.15) is 0 Å². The molecule has 0 radical (unpaired) electrons. The number of piperazine rings is 1. The van der Waals surface area contributed by atoms with E-state index in [1.807, 2.05) is 36.4 Å². The summed E-state index contributed by atoms with van der Waals surface area (Å²) in [6.45, 7) is 3.16. The van der Waals surface area contributed by atoms with Crippen molar-refractivity contribution in [1.82, 2.24) is 4.31 Å². The molecule has 146 valence electrons. The second-order valence-corrected chi connectivity index (χ2v) is 10.1. The van der Waals surface area contributed by atoms with Crippen molar-refractivity contribution in [1.29, 1.82) is 0 Å². The highest BCUT2D eigenvalue weighted by Crippen LogP contribution is 2.22. The number of benzene rings is 2. The molecular weight excluding hydrogens is 356 g/mol. The van der Waals surface area contributed by atoms with Gasteiger partial charge in [-0.15, -0.1) is 0 Å². The summed E-state index contributed by atoms with van der Waals surface area (Å²) in [5, 5.41) is 2.06. The zero-order chi connectivity index (χ0) is 18.7. The number of nitrogens with zero attached hydrogens (tertiary/aromatic N) is 1. The molecule has 1 N–H and O–H groups in total. The average Bonchev–Trinajstić information content (AvgIpc) is 2.67. The first-order valence-electron chi connectivity index (χ1n) is 10.5. The van der Waals surface area contributed by atoms with Crippen molar-refractivity contribution in [3.05, 3.63) is 42.5 Å². The number of hydrogen-bond acceptors (Lipinski definition) is 2. The molecule has 1 heterocycles. The monoisotopic (exact) mass is 387 g/mol. The molecule has 2 aromatic rings. The van der Waals surface area contributed by atoms with Gasteiger partial charge in [0.25, 0.3) is 0 Å². The first kappa shape index (κ1) is 18.9. The molecule has 0 aromatic heterocycles. The molecule has 1 aliphatic carbocycles. The predicted molar refractivity (Wildman–Crippen MR) is 110 cm³/mol. The van der Waals surface area contributed by atoms with Crippen molar-refractivity contribution in [2.45, 2.75) is 55.9 Å². The highest BCUT2D eigenvalue weighted by molar-refractivity contribution is 7.89. The van der Waals surface area contributed by atoms with Crippen LogP contribution in [0.3, 0.4) is 0 Å². The highest BCUT2D eigenvalue weighted by atomic mass is 32.2. The van der Waals surface area contributed by atoms with E-state index in [-0.39, 0.29) is 0 Å². The van der Waals surface area contributed by atoms with E-state index in [0.29, 0.717) is 18.0 Å². The smallest absolute Gasteiger partial charge is 0.243 e. The SMILES string of the molecule is O=S(=O)(c1ccc2ccccc2c1)N1CC[NH+](C2CCCCCCC2)CC1. The van der Waals surface area contributed by atoms with Gasteiger partial charge in [-0.25, -0.2) is 8.42 Å². The highest BCUT2D eigenvalue weighted by Gasteiger charge is 2.33. The van der Waals surface area contributed by atoms with Crippen molar-refractivity contribution in [2.75, 3.05) is 26.2 Å². The average molecular weight is 388 g/mol. The Balaban J connectivity index is 1.44. The van der Waals surface area contributed by atoms with Gasteiger partial charge in [0.2, 0.25) is 10.0 Å². The maximum absolute atomic E-state index is 13.1. The van der Waals surface area contributed by atoms with E-state index in [4.69, 9.17) is 0 Å². The summed E-state index contributed by atoms with van der Waals surface area (Å²) in [5.41, 5.74) is 0. The standard InChI is InChI=1S/C22H30N2O2S/c25-27(26,22-13-12-19-8-6-7-9-20(19)18-22)24-16-14-23(15-17-24)21-10-4-2-1-3-5-11-21/h6-9,12-13,18,21H,1-5,10-11,14-17H2/p+1. The summed E-state index contributed by atoms with van der Waals surface area (Å²) in [6, 6.07) is 14.1. The van der Waals surface area contributed by atoms with E-state index in [9.17, 15) is 8.42 Å². The van der Waals surface area contributed by atoms with Crippen LogP contribution in [0.1, 0.15) is 44.9 Å². The molecule has 0 unspecified atom stereocenters. The maximum Gasteiger partial charge on any atom is 0.243 e. The van der Waals surface area contributed by atoms with E-state index in [2.05, 4.69) is 0 Å². The van der Waals surface area contributed by atoms with Crippen LogP contribution in [0, 0.1) is 0 Å². The lowest BCUT2D eigenvalue weighted by atomic mass is 9.95. The molecule has 0 spiro atoms. The Hall–Kier alpha value is -1.43. The third-order valence-electron chi connectivity index (χ3n) is 6.41. The molecule has 0 bridgehead atoms. The molecule has 2 aromatic carbocycles. The van der Waals surface area contributed by atoms with Crippen LogP contribution in [0.2, 0.25) is 0 Å². The molecule has 5 heteroatoms. The summed E-state index contributed by atoms with van der Waals surface area (Å²) >= 11 is 0. The molecule has 4 rings (SSSR count). The Morgan fingerprint density at radius 2 is 1.44 bits per heavy atom. The van der Waals surface area contributed by atoms with Crippen LogP contribution < -0.4 is 4.90 Å². The third-order valence-corrected chi connectivity index (χ3v) is 8.30. The summed E-state index contributed by atoms with van der Waals surface area (Å²) in [7, 11) is -3.40. The van der Waals surface area contributed by atoms with Crippen molar-refractivity contribution in [2.24, 2.45) is 0 Å². The van der Waals surface area contributed by atoms with E-state index in [0.717, 1.165) is 29.9 Å². The largest absolute Gasteiger partial charge is 0.330 e. The Labute approximate surface area is 163 Å². The van der Waals surface area contributed by atoms with Crippen LogP contribution >= 0.6 is 0 Å². The fourth-order valence-corrected chi connectivity index (χ4v) is 6.24. The number of rotatable bonds is 3. The fraction of sp³-hybridized carbons (Fsp3) is 0.545. The molecule has 1 saturated carbocycles. The third kappa shape index (κ3) is 4.20. The molecule has 0 atom stereocenters. The van der Waals surface area contributed by atoms with Crippen molar-refractivity contribution in [3.63, 3.8) is 0 Å². The summed E-state index contributed by atoms with van der Waals surface area (Å²) in [6.07, 6.45) is 9.43. The summed E-state index contributed by atoms with van der Waals surface area (Å²) in [5.74, 6) is 0. The van der Waals surface area contributed by atoms with E-state index in [1.54, 1.807) is 15.3 Å². The number of hydrogen-bond donors (Lipinski definition) is 1. The van der Waals surface area contributed by atoms with Crippen LogP contribution in [0.5, 0.6) is 0 Å². The number of nitrogens with one attached hydrogen (secondary N) is 1. The molecule has 0 amide bonds. The maximum atomic E-state index is 13.1. The van der Waals surface area contributed by atoms with Gasteiger partial charge in [0, 0.05) is 0 Å². The molecular formula is C22H31N2O2S+. The van der Waals surface area contributed by atoms with Gasteiger partial charge in [0.15, 0.2) is 0 Å². The van der Waals surface area contributed by atoms with Crippen LogP contribution in [0.15, 0.2) is 47.4 Å². The second kappa shape index (κ2) is 8.29. The van der Waals surface area contributed by atoms with Gasteiger partial charge < -0.3 is 4.90 Å². The molecule has 1 saturated heterocycles. The minimum atomic E-state index is -3.40. The van der Waals surface area contributed by atoms with Crippen molar-refractivity contribution >= 4 is 20.8 Å². The first-order chi connectivity index (χ1) is 13.1. The summed E-state index contributed by atoms with van der Waals surface area (Å²) < 4.78 is 28.0. The normalized spacial score (nSPS) is 21.8. The van der Waals surface area contributed by atoms with Crippen molar-refractivity contribution in [3.8, 4) is 0 Å². The molecule has 27 heavy (non-hydrogen) atoms. The lowest BCUT2D eigenvalue weighted by Gasteiger charge is -2.36. The van der Waals surface area contributed by atoms with Gasteiger partial charge in [0.05, 0.1) is 37.1 Å². The van der Waals surface area contributed by atoms with Gasteiger partial charge in [-0.3, -0.25) is 0 Å². The molecule has 2 fully saturated rings. The number of fused-ring (bicyclic) bond motifs is 1. The Bertz CT molecular complexity index is 865. The van der Waals surface area contributed by atoms with Crippen LogP contribution in [0.25, 0.3) is 10.8 Å². The quantitative estimate of drug-likeness (QED) is 0.880. The van der Waals surface area contributed by atoms with Crippen LogP contribution in [-0.4, -0.2) is 44.9 Å². The molecule has 1 aliphatic heterocycles. The zero-order valence-electron chi connectivity index (χ0n) is 16.1. The topological polar surface area (TPSA) is 41.8 Å². The first-order valence-corrected chi connectivity index (χ1v) is 11.9. The van der Waals surface area contributed by atoms with Gasteiger partial charge in [-0.2, -0.15) is 4.31 Å². The Morgan fingerprint density at radius 3 is 2.15 bits per heavy atom. The Kier molecular flexibility index (Phi) is 5.81. The van der Waals surface area contributed by atoms with E-state index >= 15 is 0 Å². The van der Waals surface area contributed by atoms with Gasteiger partial charge >= 0.3 is 0 Å². The second-order valence-electron chi connectivity index (χ2n) is 8.11. The Morgan fingerprint density at radius 1 is 0.815 bits per heavy atom. The van der Waals surface area contributed by atoms with Gasteiger partial charge in [-0.1, -0.05) is 49.6 Å². The summed E-state index contributed by atoms with van der Waals surface area (Å²) in [4.78, 5) is 2.05. The lowest BCUT2D eigenvalue weighted by molar-refractivity contribution is -0.929. The van der Waals surface area contributed by atoms with Crippen LogP contribution in [-0.2, 0) is 10.0 Å². The van der Waals surface area contributed by atoms with Gasteiger partial charge in [-0.05, 0) is 48.6 Å². The molecule has 4 nitrogen and oxygen atoms in total. The zero-order valence-corrected chi connectivity index (χ0v) is 16.9. The lowest BCUT2D eigenvalue weighted by Crippen LogP contribution is -3.18. The van der Waals surface area contributed by atoms with E-state index < -0.39 is 10.0 Å². The molecule has 2 aliphatic rings. The minimum absolute atomic E-state index is 0.426. The minimum Gasteiger partial charge on any atom is -0.330 e. The number of quaternary nitrogens is 1. The number of sulfonamides is 1. The van der Waals surface area contributed by atoms with E-state index in [1.165, 1.54) is 44.9 Å². The van der Waals surface area contributed by atoms with Crippen LogP contribution in [0.4, 0.5) is 0 Å². The van der Waals surface area contributed by atoms with Crippen molar-refractivity contribution < 1.29 is 13.3 Å². The fourth-order valence-electron chi connectivity index (χ4n) is 4.76. The predicted octanol–water partition coefficient (Wildman–Crippen LogP) is 2.84.